The molecule has 0 spiro atoms. The van der Waals surface area contributed by atoms with Crippen LogP contribution in [0.3, 0.4) is 0 Å². The van der Waals surface area contributed by atoms with Crippen molar-refractivity contribution >= 4 is 35.1 Å². The lowest BCUT2D eigenvalue weighted by Crippen LogP contribution is -2.61. The third-order valence-corrected chi connectivity index (χ3v) is 11.2. The zero-order chi connectivity index (χ0) is 40.3. The van der Waals surface area contributed by atoms with E-state index in [-0.39, 0.29) is 31.0 Å². The van der Waals surface area contributed by atoms with Crippen molar-refractivity contribution in [1.82, 2.24) is 30.2 Å². The Morgan fingerprint density at radius 2 is 1.91 bits per heavy atom. The molecule has 3 amide bonds. The van der Waals surface area contributed by atoms with E-state index in [4.69, 9.17) is 9.47 Å². The first-order valence-corrected chi connectivity index (χ1v) is 19.7. The van der Waals surface area contributed by atoms with Crippen LogP contribution in [0.2, 0.25) is 0 Å². The summed E-state index contributed by atoms with van der Waals surface area (Å²) < 4.78 is 14.2. The fraction of sp³-hybridized carbons (Fsp3) is 0.477. The second-order valence-electron chi connectivity index (χ2n) is 16.3. The zero-order valence-electron chi connectivity index (χ0n) is 33.9. The maximum Gasteiger partial charge on any atom is 0.324 e. The zero-order valence-corrected chi connectivity index (χ0v) is 33.9. The number of nitrogens with zero attached hydrogens (tertiary/aromatic N) is 4. The molecule has 1 fully saturated rings. The minimum absolute atomic E-state index is 0.159. The number of carbonyl (C=O) groups excluding carboxylic acids is 4. The lowest BCUT2D eigenvalue weighted by molar-refractivity contribution is -0.155. The molecule has 0 radical (unpaired) electrons. The van der Waals surface area contributed by atoms with Gasteiger partial charge in [0.05, 0.1) is 18.4 Å². The predicted molar refractivity (Wildman–Crippen MR) is 216 cm³/mol. The van der Waals surface area contributed by atoms with Crippen LogP contribution in [0.5, 0.6) is 0 Å². The summed E-state index contributed by atoms with van der Waals surface area (Å²) in [6, 6.07) is 14.1. The second kappa shape index (κ2) is 17.0. The number of pyridine rings is 1. The summed E-state index contributed by atoms with van der Waals surface area (Å²) in [6.45, 7) is 13.4. The molecule has 2 aromatic carbocycles. The number of benzene rings is 2. The third-order valence-electron chi connectivity index (χ3n) is 11.2. The summed E-state index contributed by atoms with van der Waals surface area (Å²) in [5.41, 5.74) is 10.8. The van der Waals surface area contributed by atoms with Crippen LogP contribution in [0.15, 0.2) is 60.9 Å². The summed E-state index contributed by atoms with van der Waals surface area (Å²) in [5, 5.41) is 5.52. The number of nitrogens with one attached hydrogen (secondary N) is 2. The standard InChI is InChI=1S/C44H56N6O6/c1-9-49-38-16-15-31-22-33(38)34(40(49)35-24-45-18-17-32(35)28(4)55-8)23-44(5,6)25-56-43(54)36-14-11-19-50(47-36)42(53)37(21-29-12-10-13-30(31)20-29)46-41(52)39(27(2)3)48(7)26-51/h10,12-13,15-18,20,22,24,26-28,36-37,39,47H,9,11,14,19,21,23,25H2,1-8H3,(H,46,52)/t28-,36-,37-,39?/m0/s1. The Morgan fingerprint density at radius 3 is 2.62 bits per heavy atom. The molecule has 2 aliphatic rings. The number of carbonyl (C=O) groups is 4. The highest BCUT2D eigenvalue weighted by Crippen LogP contribution is 2.42. The van der Waals surface area contributed by atoms with Crippen molar-refractivity contribution in [2.24, 2.45) is 11.3 Å². The number of amides is 3. The first-order chi connectivity index (χ1) is 26.8. The molecule has 12 nitrogen and oxygen atoms in total. The van der Waals surface area contributed by atoms with Gasteiger partial charge in [-0.15, -0.1) is 0 Å². The van der Waals surface area contributed by atoms with E-state index in [1.54, 1.807) is 20.4 Å². The number of aromatic nitrogens is 2. The fourth-order valence-electron chi connectivity index (χ4n) is 8.30. The van der Waals surface area contributed by atoms with Crippen molar-refractivity contribution in [1.29, 1.82) is 0 Å². The van der Waals surface area contributed by atoms with Gasteiger partial charge in [0.25, 0.3) is 5.91 Å². The molecular formula is C44H56N6O6. The number of hydrazine groups is 1. The van der Waals surface area contributed by atoms with Gasteiger partial charge in [-0.3, -0.25) is 29.2 Å². The van der Waals surface area contributed by atoms with Crippen molar-refractivity contribution in [3.05, 3.63) is 77.6 Å². The van der Waals surface area contributed by atoms with Gasteiger partial charge in [0.1, 0.15) is 18.1 Å². The molecule has 6 rings (SSSR count). The Labute approximate surface area is 329 Å². The summed E-state index contributed by atoms with van der Waals surface area (Å²) in [4.78, 5) is 59.5. The molecular weight excluding hydrogens is 709 g/mol. The summed E-state index contributed by atoms with van der Waals surface area (Å²) in [7, 11) is 3.27. The normalized spacial score (nSPS) is 19.9. The number of rotatable bonds is 9. The van der Waals surface area contributed by atoms with Crippen LogP contribution in [0, 0.1) is 11.3 Å². The number of cyclic esters (lactones) is 1. The van der Waals surface area contributed by atoms with Gasteiger partial charge < -0.3 is 24.3 Å². The Bertz CT molecular complexity index is 2090. The van der Waals surface area contributed by atoms with E-state index < -0.39 is 35.4 Å². The SMILES string of the molecule is CCn1c(-c2cnccc2[C@H](C)OC)c2c3cc(ccc31)-c1cccc(c1)C[C@H](NC(=O)C(C(C)C)N(C)C=O)C(=O)N1CCC[C@H](N1)C(=O)OCC(C)(C)C2. The van der Waals surface area contributed by atoms with E-state index in [1.165, 1.54) is 9.91 Å². The number of esters is 1. The summed E-state index contributed by atoms with van der Waals surface area (Å²) in [5.74, 6) is -1.42. The molecule has 56 heavy (non-hydrogen) atoms. The Morgan fingerprint density at radius 1 is 1.14 bits per heavy atom. The molecule has 2 aliphatic heterocycles. The van der Waals surface area contributed by atoms with E-state index in [2.05, 4.69) is 71.4 Å². The van der Waals surface area contributed by atoms with Crippen LogP contribution in [0.1, 0.15) is 77.2 Å². The van der Waals surface area contributed by atoms with Crippen molar-refractivity contribution < 1.29 is 28.7 Å². The molecule has 2 N–H and O–H groups in total. The average Bonchev–Trinajstić information content (AvgIpc) is 3.50. The molecule has 0 aliphatic carbocycles. The molecule has 4 heterocycles. The first-order valence-electron chi connectivity index (χ1n) is 19.7. The van der Waals surface area contributed by atoms with Crippen molar-refractivity contribution in [3.63, 3.8) is 0 Å². The van der Waals surface area contributed by atoms with Crippen molar-refractivity contribution in [2.75, 3.05) is 27.3 Å². The topological polar surface area (TPSA) is 135 Å². The minimum Gasteiger partial charge on any atom is -0.464 e. The van der Waals surface area contributed by atoms with E-state index in [9.17, 15) is 19.2 Å². The highest BCUT2D eigenvalue weighted by Gasteiger charge is 2.37. The van der Waals surface area contributed by atoms with Gasteiger partial charge in [0, 0.05) is 67.9 Å². The van der Waals surface area contributed by atoms with Crippen LogP contribution in [-0.4, -0.2) is 89.1 Å². The lowest BCUT2D eigenvalue weighted by atomic mass is 9.84. The minimum atomic E-state index is -0.975. The first kappa shape index (κ1) is 40.6. The largest absolute Gasteiger partial charge is 0.464 e. The van der Waals surface area contributed by atoms with Gasteiger partial charge in [-0.25, -0.2) is 5.43 Å². The molecule has 4 atom stereocenters. The van der Waals surface area contributed by atoms with Crippen LogP contribution in [0.25, 0.3) is 33.3 Å². The van der Waals surface area contributed by atoms with Crippen LogP contribution in [0.4, 0.5) is 0 Å². The molecule has 298 valence electrons. The van der Waals surface area contributed by atoms with Crippen LogP contribution < -0.4 is 10.7 Å². The number of fused-ring (bicyclic) bond motifs is 6. The summed E-state index contributed by atoms with van der Waals surface area (Å²) >= 11 is 0. The Hall–Kier alpha value is -5.07. The Balaban J connectivity index is 1.51. The van der Waals surface area contributed by atoms with Crippen LogP contribution >= 0.6 is 0 Å². The highest BCUT2D eigenvalue weighted by atomic mass is 16.5. The lowest BCUT2D eigenvalue weighted by Gasteiger charge is -2.36. The van der Waals surface area contributed by atoms with Gasteiger partial charge in [-0.05, 0) is 85.0 Å². The number of ether oxygens (including phenoxy) is 2. The smallest absolute Gasteiger partial charge is 0.324 e. The molecule has 12 heteroatoms. The quantitative estimate of drug-likeness (QED) is 0.160. The molecule has 0 saturated carbocycles. The molecule has 1 unspecified atom stereocenters. The number of aryl methyl sites for hydroxylation is 1. The van der Waals surface area contributed by atoms with E-state index in [0.29, 0.717) is 32.2 Å². The van der Waals surface area contributed by atoms with Crippen molar-refractivity contribution in [3.8, 4) is 22.4 Å². The third kappa shape index (κ3) is 8.36. The number of hydrogen-bond donors (Lipinski definition) is 2. The van der Waals surface area contributed by atoms with Crippen LogP contribution in [-0.2, 0) is 48.0 Å². The van der Waals surface area contributed by atoms with E-state index >= 15 is 0 Å². The maximum absolute atomic E-state index is 14.3. The number of methoxy groups -OCH3 is 1. The number of hydrogen-bond acceptors (Lipinski definition) is 8. The summed E-state index contributed by atoms with van der Waals surface area (Å²) in [6.07, 6.45) is 6.06. The molecule has 2 aromatic heterocycles. The maximum atomic E-state index is 14.3. The van der Waals surface area contributed by atoms with E-state index in [1.807, 2.05) is 45.2 Å². The van der Waals surface area contributed by atoms with Crippen molar-refractivity contribution in [2.45, 2.75) is 98.0 Å². The second-order valence-corrected chi connectivity index (χ2v) is 16.3. The predicted octanol–water partition coefficient (Wildman–Crippen LogP) is 5.86. The van der Waals surface area contributed by atoms with Gasteiger partial charge in [-0.2, -0.15) is 0 Å². The molecule has 6 bridgehead atoms. The van der Waals surface area contributed by atoms with Gasteiger partial charge in [0.15, 0.2) is 0 Å². The monoisotopic (exact) mass is 764 g/mol. The van der Waals surface area contributed by atoms with E-state index in [0.717, 1.165) is 56.5 Å². The highest BCUT2D eigenvalue weighted by molar-refractivity contribution is 5.95. The number of likely N-dealkylation sites (N-methyl/N-ethyl adjacent to an activating group) is 1. The molecule has 1 saturated heterocycles. The Kier molecular flexibility index (Phi) is 12.3. The van der Waals surface area contributed by atoms with Gasteiger partial charge >= 0.3 is 5.97 Å². The fourth-order valence-corrected chi connectivity index (χ4v) is 8.30. The average molecular weight is 765 g/mol. The van der Waals surface area contributed by atoms with Gasteiger partial charge in [-0.1, -0.05) is 58.0 Å². The molecule has 4 aromatic rings. The van der Waals surface area contributed by atoms with Gasteiger partial charge in [0.2, 0.25) is 12.3 Å².